The number of nitrogens with zero attached hydrogens (tertiary/aromatic N) is 5. The minimum absolute atomic E-state index is 0.00109. The van der Waals surface area contributed by atoms with Crippen LogP contribution in [0.1, 0.15) is 43.0 Å². The normalized spacial score (nSPS) is 14.2. The molecule has 0 atom stereocenters. The van der Waals surface area contributed by atoms with E-state index in [0.29, 0.717) is 12.1 Å². The summed E-state index contributed by atoms with van der Waals surface area (Å²) >= 11 is 5.91. The molecule has 2 aromatic heterocycles. The molecule has 1 aliphatic rings. The van der Waals surface area contributed by atoms with Gasteiger partial charge in [-0.05, 0) is 19.3 Å². The van der Waals surface area contributed by atoms with Crippen LogP contribution in [0, 0.1) is 10.1 Å². The molecule has 0 bridgehead atoms. The summed E-state index contributed by atoms with van der Waals surface area (Å²) in [6.45, 7) is 0.628. The molecule has 1 amide bonds. The van der Waals surface area contributed by atoms with Gasteiger partial charge in [0, 0.05) is 32.0 Å². The second-order valence-corrected chi connectivity index (χ2v) is 7.09. The highest BCUT2D eigenvalue weighted by molar-refractivity contribution is 6.32. The lowest BCUT2D eigenvalue weighted by atomic mass is 10.2. The van der Waals surface area contributed by atoms with E-state index in [1.165, 1.54) is 15.6 Å². The van der Waals surface area contributed by atoms with Crippen LogP contribution in [-0.2, 0) is 24.1 Å². The zero-order valence-corrected chi connectivity index (χ0v) is 15.9. The van der Waals surface area contributed by atoms with Crippen LogP contribution in [0.2, 0.25) is 5.02 Å². The van der Waals surface area contributed by atoms with Crippen LogP contribution < -0.4 is 5.32 Å². The molecule has 1 fully saturated rings. The van der Waals surface area contributed by atoms with Crippen LogP contribution in [0.15, 0.2) is 12.4 Å². The van der Waals surface area contributed by atoms with Crippen LogP contribution >= 0.6 is 11.6 Å². The third-order valence-electron chi connectivity index (χ3n) is 4.43. The molecule has 0 aromatic carbocycles. The number of hydrogen-bond acceptors (Lipinski definition) is 5. The highest BCUT2D eigenvalue weighted by Gasteiger charge is 2.41. The average molecular weight is 435 g/mol. The van der Waals surface area contributed by atoms with E-state index in [0.717, 1.165) is 19.0 Å². The van der Waals surface area contributed by atoms with Crippen molar-refractivity contribution in [3.8, 4) is 0 Å². The number of carbonyl (C=O) groups excluding carboxylic acids is 1. The molecular formula is C16H18ClF3N6O3. The number of alkyl halides is 3. The predicted molar refractivity (Wildman–Crippen MR) is 95.3 cm³/mol. The first kappa shape index (κ1) is 21.1. The van der Waals surface area contributed by atoms with Gasteiger partial charge in [-0.2, -0.15) is 23.4 Å². The Kier molecular flexibility index (Phi) is 6.10. The third-order valence-corrected chi connectivity index (χ3v) is 4.80. The lowest BCUT2D eigenvalue weighted by molar-refractivity contribution is -0.385. The number of rotatable bonds is 9. The van der Waals surface area contributed by atoms with E-state index in [-0.39, 0.29) is 48.6 Å². The van der Waals surface area contributed by atoms with Gasteiger partial charge >= 0.3 is 11.9 Å². The van der Waals surface area contributed by atoms with Crippen molar-refractivity contribution in [2.45, 2.75) is 50.9 Å². The van der Waals surface area contributed by atoms with Gasteiger partial charge in [-0.1, -0.05) is 11.6 Å². The van der Waals surface area contributed by atoms with Gasteiger partial charge in [0.15, 0.2) is 5.69 Å². The molecule has 1 saturated carbocycles. The maximum absolute atomic E-state index is 13.0. The summed E-state index contributed by atoms with van der Waals surface area (Å²) in [5, 5.41) is 20.3. The van der Waals surface area contributed by atoms with Crippen LogP contribution in [0.3, 0.4) is 0 Å². The van der Waals surface area contributed by atoms with Gasteiger partial charge in [-0.3, -0.25) is 24.3 Å². The molecule has 2 aromatic rings. The fourth-order valence-electron chi connectivity index (χ4n) is 2.88. The zero-order chi connectivity index (χ0) is 21.2. The standard InChI is InChI=1S/C16H18ClF3N6O3/c17-13-14(10-2-3-10)25(23-15(13)16(18,19)20)6-1-5-21-12(27)4-7-24-9-11(8-22-24)26(28)29/h8-10H,1-7H2,(H,21,27). The van der Waals surface area contributed by atoms with Crippen molar-refractivity contribution >= 4 is 23.2 Å². The fraction of sp³-hybridized carbons (Fsp3) is 0.562. The first-order valence-corrected chi connectivity index (χ1v) is 9.31. The molecule has 1 N–H and O–H groups in total. The smallest absolute Gasteiger partial charge is 0.356 e. The van der Waals surface area contributed by atoms with Gasteiger partial charge in [0.2, 0.25) is 5.91 Å². The topological polar surface area (TPSA) is 108 Å². The van der Waals surface area contributed by atoms with E-state index in [1.807, 2.05) is 0 Å². The zero-order valence-electron chi connectivity index (χ0n) is 15.2. The Bertz CT molecular complexity index is 906. The molecule has 3 rings (SSSR count). The minimum atomic E-state index is -4.61. The van der Waals surface area contributed by atoms with Crippen molar-refractivity contribution in [2.75, 3.05) is 6.54 Å². The lowest BCUT2D eigenvalue weighted by Gasteiger charge is -2.08. The van der Waals surface area contributed by atoms with E-state index in [1.54, 1.807) is 0 Å². The van der Waals surface area contributed by atoms with Crippen molar-refractivity contribution in [2.24, 2.45) is 0 Å². The molecule has 1 aliphatic carbocycles. The van der Waals surface area contributed by atoms with Gasteiger partial charge in [-0.15, -0.1) is 0 Å². The van der Waals surface area contributed by atoms with Gasteiger partial charge in [0.1, 0.15) is 12.4 Å². The van der Waals surface area contributed by atoms with E-state index in [9.17, 15) is 28.1 Å². The summed E-state index contributed by atoms with van der Waals surface area (Å²) < 4.78 is 41.7. The number of nitrogens with one attached hydrogen (secondary N) is 1. The number of nitro groups is 1. The van der Waals surface area contributed by atoms with E-state index >= 15 is 0 Å². The fourth-order valence-corrected chi connectivity index (χ4v) is 3.28. The minimum Gasteiger partial charge on any atom is -0.356 e. The first-order chi connectivity index (χ1) is 13.7. The molecule has 0 radical (unpaired) electrons. The molecule has 158 valence electrons. The second kappa shape index (κ2) is 8.39. The Labute approximate surface area is 168 Å². The number of aromatic nitrogens is 4. The maximum atomic E-state index is 13.0. The second-order valence-electron chi connectivity index (χ2n) is 6.72. The largest absolute Gasteiger partial charge is 0.436 e. The summed E-state index contributed by atoms with van der Waals surface area (Å²) in [4.78, 5) is 21.9. The molecule has 13 heteroatoms. The van der Waals surface area contributed by atoms with Crippen molar-refractivity contribution in [1.82, 2.24) is 24.9 Å². The van der Waals surface area contributed by atoms with Crippen molar-refractivity contribution in [3.05, 3.63) is 38.9 Å². The molecule has 29 heavy (non-hydrogen) atoms. The van der Waals surface area contributed by atoms with Gasteiger partial charge in [0.25, 0.3) is 0 Å². The number of aryl methyl sites for hydroxylation is 2. The first-order valence-electron chi connectivity index (χ1n) is 8.93. The molecule has 0 aliphatic heterocycles. The third kappa shape index (κ3) is 5.25. The summed E-state index contributed by atoms with van der Waals surface area (Å²) in [7, 11) is 0. The predicted octanol–water partition coefficient (Wildman–Crippen LogP) is 3.13. The molecule has 0 saturated heterocycles. The van der Waals surface area contributed by atoms with E-state index in [2.05, 4.69) is 15.5 Å². The van der Waals surface area contributed by atoms with Gasteiger partial charge < -0.3 is 5.32 Å². The average Bonchev–Trinajstić information content (AvgIpc) is 3.24. The summed E-state index contributed by atoms with van der Waals surface area (Å²) in [5.41, 5.74) is -0.822. The van der Waals surface area contributed by atoms with Crippen LogP contribution in [0.5, 0.6) is 0 Å². The number of amides is 1. The quantitative estimate of drug-likeness (QED) is 0.370. The van der Waals surface area contributed by atoms with E-state index in [4.69, 9.17) is 11.6 Å². The molecule has 9 nitrogen and oxygen atoms in total. The lowest BCUT2D eigenvalue weighted by Crippen LogP contribution is -2.26. The Hall–Kier alpha value is -2.63. The van der Waals surface area contributed by atoms with Crippen LogP contribution in [-0.4, -0.2) is 36.9 Å². The molecule has 0 unspecified atom stereocenters. The van der Waals surface area contributed by atoms with Crippen LogP contribution in [0.25, 0.3) is 0 Å². The van der Waals surface area contributed by atoms with Crippen molar-refractivity contribution < 1.29 is 22.9 Å². The number of carbonyl (C=O) groups is 1. The van der Waals surface area contributed by atoms with Crippen molar-refractivity contribution in [3.63, 3.8) is 0 Å². The maximum Gasteiger partial charge on any atom is 0.436 e. The van der Waals surface area contributed by atoms with Gasteiger partial charge in [0.05, 0.1) is 15.6 Å². The molecule has 0 spiro atoms. The Morgan fingerprint density at radius 2 is 2.10 bits per heavy atom. The van der Waals surface area contributed by atoms with Crippen molar-refractivity contribution in [1.29, 1.82) is 0 Å². The summed E-state index contributed by atoms with van der Waals surface area (Å²) in [5.74, 6) is -0.293. The highest BCUT2D eigenvalue weighted by Crippen LogP contribution is 2.46. The Morgan fingerprint density at radius 1 is 1.38 bits per heavy atom. The van der Waals surface area contributed by atoms with Gasteiger partial charge in [-0.25, -0.2) is 0 Å². The Morgan fingerprint density at radius 3 is 2.69 bits per heavy atom. The SMILES string of the molecule is O=C(CCn1cc([N+](=O)[O-])cn1)NCCCn1nc(C(F)(F)F)c(Cl)c1C1CC1. The summed E-state index contributed by atoms with van der Waals surface area (Å²) in [6, 6.07) is 0. The molecular weight excluding hydrogens is 417 g/mol. The monoisotopic (exact) mass is 434 g/mol. The van der Waals surface area contributed by atoms with Crippen LogP contribution in [0.4, 0.5) is 18.9 Å². The number of hydrogen-bond donors (Lipinski definition) is 1. The van der Waals surface area contributed by atoms with E-state index < -0.39 is 16.8 Å². The Balaban J connectivity index is 1.46. The molecule has 2 heterocycles. The number of halogens is 4. The highest BCUT2D eigenvalue weighted by atomic mass is 35.5. The summed E-state index contributed by atoms with van der Waals surface area (Å²) in [6.07, 6.45) is -0.268.